The number of nitrogens with one attached hydrogen (secondary N) is 1. The van der Waals surface area contributed by atoms with E-state index in [9.17, 15) is 0 Å². The van der Waals surface area contributed by atoms with Crippen LogP contribution in [0, 0.1) is 0 Å². The molecule has 0 radical (unpaired) electrons. The number of nitrogens with zero attached hydrogens (tertiary/aromatic N) is 1. The van der Waals surface area contributed by atoms with E-state index < -0.39 is 0 Å². The van der Waals surface area contributed by atoms with Gasteiger partial charge in [0, 0.05) is 18.9 Å². The molecule has 0 bridgehead atoms. The Morgan fingerprint density at radius 3 is 2.55 bits per heavy atom. The van der Waals surface area contributed by atoms with Crippen LogP contribution in [-0.4, -0.2) is 29.3 Å². The Hall–Kier alpha value is -0.960. The number of hydrogen-bond donors (Lipinski definition) is 2. The molecule has 2 N–H and O–H groups in total. The Bertz CT molecular complexity index is 276. The maximum absolute atomic E-state index is 8.98. The Labute approximate surface area is 124 Å². The summed E-state index contributed by atoms with van der Waals surface area (Å²) in [6.45, 7) is 3.21. The fourth-order valence-corrected chi connectivity index (χ4v) is 2.57. The molecule has 0 saturated carbocycles. The van der Waals surface area contributed by atoms with E-state index in [2.05, 4.69) is 29.3 Å². The van der Waals surface area contributed by atoms with Gasteiger partial charge in [-0.15, -0.1) is 0 Å². The van der Waals surface area contributed by atoms with Crippen LogP contribution in [0.15, 0.2) is 24.6 Å². The van der Waals surface area contributed by atoms with Gasteiger partial charge in [-0.2, -0.15) is 0 Å². The summed E-state index contributed by atoms with van der Waals surface area (Å²) in [6.07, 6.45) is 20.6. The molecule has 1 rings (SSSR count). The highest BCUT2D eigenvalue weighted by atomic mass is 16.3. The van der Waals surface area contributed by atoms with Crippen molar-refractivity contribution < 1.29 is 5.11 Å². The lowest BCUT2D eigenvalue weighted by atomic mass is 10.1. The molecule has 0 aromatic carbocycles. The van der Waals surface area contributed by atoms with Crippen molar-refractivity contribution in [3.8, 4) is 0 Å². The van der Waals surface area contributed by atoms with Crippen molar-refractivity contribution in [2.75, 3.05) is 13.2 Å². The average molecular weight is 280 g/mol. The zero-order valence-electron chi connectivity index (χ0n) is 13.1. The van der Waals surface area contributed by atoms with Gasteiger partial charge in [0.15, 0.2) is 0 Å². The van der Waals surface area contributed by atoms with Crippen molar-refractivity contribution in [2.45, 2.75) is 70.9 Å². The van der Waals surface area contributed by atoms with Gasteiger partial charge >= 0.3 is 0 Å². The van der Waals surface area contributed by atoms with Gasteiger partial charge in [-0.1, -0.05) is 38.3 Å². The lowest BCUT2D eigenvalue weighted by molar-refractivity contribution is 0.194. The first-order valence-corrected chi connectivity index (χ1v) is 8.32. The Morgan fingerprint density at radius 2 is 1.85 bits per heavy atom. The molecule has 1 unspecified atom stereocenters. The summed E-state index contributed by atoms with van der Waals surface area (Å²) in [7, 11) is 0. The van der Waals surface area contributed by atoms with E-state index in [1.165, 1.54) is 51.4 Å². The van der Waals surface area contributed by atoms with Crippen molar-refractivity contribution in [1.29, 1.82) is 0 Å². The van der Waals surface area contributed by atoms with E-state index in [1.54, 1.807) is 0 Å². The number of β-amino-alcohol motifs (C(OH)–C–C–N with tert-alkyl or cyclic N) is 1. The summed E-state index contributed by atoms with van der Waals surface area (Å²) in [4.78, 5) is 2.19. The topological polar surface area (TPSA) is 35.5 Å². The predicted molar refractivity (Wildman–Crippen MR) is 86.2 cm³/mol. The second kappa shape index (κ2) is 11.8. The highest BCUT2D eigenvalue weighted by Gasteiger charge is 2.16. The zero-order valence-corrected chi connectivity index (χ0v) is 13.1. The number of hydrogen-bond acceptors (Lipinski definition) is 3. The highest BCUT2D eigenvalue weighted by Crippen LogP contribution is 2.13. The van der Waals surface area contributed by atoms with Crippen LogP contribution < -0.4 is 5.32 Å². The first-order valence-electron chi connectivity index (χ1n) is 8.32. The number of unbranched alkanes of at least 4 members (excludes halogenated alkanes) is 6. The summed E-state index contributed by atoms with van der Waals surface area (Å²) >= 11 is 0. The molecule has 3 nitrogen and oxygen atoms in total. The fraction of sp³-hybridized carbons (Fsp3) is 0.765. The molecular formula is C17H32N2O. The second-order valence-electron chi connectivity index (χ2n) is 5.56. The van der Waals surface area contributed by atoms with Crippen molar-refractivity contribution in [2.24, 2.45) is 0 Å². The number of aliphatic hydroxyl groups excluding tert-OH is 1. The monoisotopic (exact) mass is 280 g/mol. The molecule has 116 valence electrons. The lowest BCUT2D eigenvalue weighted by Gasteiger charge is -2.24. The maximum Gasteiger partial charge on any atom is 0.0982 e. The van der Waals surface area contributed by atoms with E-state index in [4.69, 9.17) is 5.11 Å². The summed E-state index contributed by atoms with van der Waals surface area (Å²) in [5.41, 5.74) is 0. The minimum Gasteiger partial charge on any atom is -0.395 e. The number of rotatable bonds is 12. The van der Waals surface area contributed by atoms with Gasteiger partial charge in [0.25, 0.3) is 0 Å². The third-order valence-corrected chi connectivity index (χ3v) is 3.80. The van der Waals surface area contributed by atoms with E-state index in [0.29, 0.717) is 6.17 Å². The zero-order chi connectivity index (χ0) is 14.5. The Kier molecular flexibility index (Phi) is 10.1. The second-order valence-corrected chi connectivity index (χ2v) is 5.56. The van der Waals surface area contributed by atoms with Gasteiger partial charge in [0.2, 0.25) is 0 Å². The van der Waals surface area contributed by atoms with Crippen molar-refractivity contribution in [3.05, 3.63) is 24.6 Å². The van der Waals surface area contributed by atoms with Gasteiger partial charge in [-0.25, -0.2) is 0 Å². The minimum atomic E-state index is 0.228. The van der Waals surface area contributed by atoms with Crippen molar-refractivity contribution in [1.82, 2.24) is 10.2 Å². The molecule has 0 spiro atoms. The van der Waals surface area contributed by atoms with Crippen LogP contribution in [0.1, 0.15) is 64.7 Å². The summed E-state index contributed by atoms with van der Waals surface area (Å²) in [5.74, 6) is 0. The average Bonchev–Trinajstić information content (AvgIpc) is 2.89. The van der Waals surface area contributed by atoms with Crippen LogP contribution in [0.3, 0.4) is 0 Å². The normalized spacial score (nSPS) is 18.1. The predicted octanol–water partition coefficient (Wildman–Crippen LogP) is 3.77. The smallest absolute Gasteiger partial charge is 0.0982 e. The largest absolute Gasteiger partial charge is 0.395 e. The maximum atomic E-state index is 8.98. The van der Waals surface area contributed by atoms with Crippen LogP contribution in [-0.2, 0) is 0 Å². The molecular weight excluding hydrogens is 248 g/mol. The molecule has 1 aliphatic rings. The van der Waals surface area contributed by atoms with E-state index in [1.807, 2.05) is 12.4 Å². The van der Waals surface area contributed by atoms with Crippen molar-refractivity contribution >= 4 is 0 Å². The molecule has 3 heteroatoms. The highest BCUT2D eigenvalue weighted by molar-refractivity contribution is 4.93. The standard InChI is InChI=1S/C17H32N2O/c1-2-3-4-5-6-7-8-9-10-11-12-17-18-13-14-19(17)15-16-20/h6-7,13-14,17-18,20H,2-5,8-12,15-16H2,1H3/b7-6+. The Morgan fingerprint density at radius 1 is 1.10 bits per heavy atom. The van der Waals surface area contributed by atoms with Crippen LogP contribution in [0.5, 0.6) is 0 Å². The van der Waals surface area contributed by atoms with Crippen molar-refractivity contribution in [3.63, 3.8) is 0 Å². The van der Waals surface area contributed by atoms with Crippen LogP contribution in [0.25, 0.3) is 0 Å². The van der Waals surface area contributed by atoms with Crippen LogP contribution >= 0.6 is 0 Å². The quantitative estimate of drug-likeness (QED) is 0.422. The third kappa shape index (κ3) is 7.59. The van der Waals surface area contributed by atoms with E-state index >= 15 is 0 Å². The summed E-state index contributed by atoms with van der Waals surface area (Å²) in [6, 6.07) is 0. The Balaban J connectivity index is 1.92. The van der Waals surface area contributed by atoms with E-state index in [-0.39, 0.29) is 6.61 Å². The number of aliphatic hydroxyl groups is 1. The molecule has 0 aromatic rings. The molecule has 0 saturated heterocycles. The molecule has 0 aliphatic carbocycles. The SMILES string of the molecule is CCCCC/C=C/CCCCCC1NC=CN1CCO. The molecule has 1 aliphatic heterocycles. The molecule has 1 heterocycles. The van der Waals surface area contributed by atoms with Gasteiger partial charge in [-0.3, -0.25) is 0 Å². The summed E-state index contributed by atoms with van der Waals surface area (Å²) < 4.78 is 0. The van der Waals surface area contributed by atoms with Gasteiger partial charge in [0.05, 0.1) is 12.8 Å². The number of allylic oxidation sites excluding steroid dienone is 2. The third-order valence-electron chi connectivity index (χ3n) is 3.80. The lowest BCUT2D eigenvalue weighted by Crippen LogP contribution is -2.36. The molecule has 0 aromatic heterocycles. The van der Waals surface area contributed by atoms with Crippen LogP contribution in [0.4, 0.5) is 0 Å². The minimum absolute atomic E-state index is 0.228. The molecule has 0 amide bonds. The molecule has 1 atom stereocenters. The first-order chi connectivity index (χ1) is 9.88. The van der Waals surface area contributed by atoms with Gasteiger partial charge in [-0.05, 0) is 38.5 Å². The fourth-order valence-electron chi connectivity index (χ4n) is 2.57. The molecule has 0 fully saturated rings. The van der Waals surface area contributed by atoms with Crippen LogP contribution in [0.2, 0.25) is 0 Å². The van der Waals surface area contributed by atoms with E-state index in [0.717, 1.165) is 13.0 Å². The van der Waals surface area contributed by atoms with Gasteiger partial charge in [0.1, 0.15) is 0 Å². The first kappa shape index (κ1) is 17.1. The van der Waals surface area contributed by atoms with Gasteiger partial charge < -0.3 is 15.3 Å². The summed E-state index contributed by atoms with van der Waals surface area (Å²) in [5, 5.41) is 12.3. The molecule has 20 heavy (non-hydrogen) atoms.